The summed E-state index contributed by atoms with van der Waals surface area (Å²) in [5.41, 5.74) is 0.957. The number of halogens is 1. The molecule has 27 heavy (non-hydrogen) atoms. The highest BCUT2D eigenvalue weighted by Gasteiger charge is 2.24. The lowest BCUT2D eigenvalue weighted by Crippen LogP contribution is -2.29. The largest absolute Gasteiger partial charge is 0.452 e. The summed E-state index contributed by atoms with van der Waals surface area (Å²) in [5.74, 6) is 0.399. The molecule has 0 aliphatic carbocycles. The van der Waals surface area contributed by atoms with Crippen molar-refractivity contribution >= 4 is 54.7 Å². The molecule has 0 bridgehead atoms. The van der Waals surface area contributed by atoms with E-state index in [0.29, 0.717) is 20.1 Å². The fourth-order valence-electron chi connectivity index (χ4n) is 2.82. The van der Waals surface area contributed by atoms with Gasteiger partial charge in [0.15, 0.2) is 11.3 Å². The molecule has 4 aromatic rings. The first-order chi connectivity index (χ1) is 12.8. The third kappa shape index (κ3) is 2.77. The van der Waals surface area contributed by atoms with Crippen molar-refractivity contribution in [2.45, 2.75) is 0 Å². The number of hydrogen-bond acceptors (Lipinski definition) is 5. The van der Waals surface area contributed by atoms with E-state index in [9.17, 15) is 13.2 Å². The number of hydrogen-bond donors (Lipinski definition) is 0. The molecule has 0 radical (unpaired) electrons. The van der Waals surface area contributed by atoms with E-state index in [0.717, 1.165) is 14.0 Å². The Hall–Kier alpha value is -2.24. The van der Waals surface area contributed by atoms with Crippen LogP contribution in [0.3, 0.4) is 0 Å². The second kappa shape index (κ2) is 6.43. The fourth-order valence-corrected chi connectivity index (χ4v) is 4.42. The van der Waals surface area contributed by atoms with Gasteiger partial charge >= 0.3 is 10.2 Å². The standard InChI is InChI=1S/C18H14IN3O4S/c1-21(2)27(24,25)22-15-12(10-20-22)8-9-13-16(23)14(19)17(26-18(13)15)11-6-4-3-5-7-11/h3-10H,1-2H3. The molecular formula is C18H14IN3O4S. The highest BCUT2D eigenvalue weighted by atomic mass is 127. The minimum Gasteiger partial charge on any atom is -0.452 e. The zero-order chi connectivity index (χ0) is 19.3. The third-order valence-electron chi connectivity index (χ3n) is 4.22. The van der Waals surface area contributed by atoms with Crippen molar-refractivity contribution < 1.29 is 12.8 Å². The summed E-state index contributed by atoms with van der Waals surface area (Å²) in [6.07, 6.45) is 1.44. The summed E-state index contributed by atoms with van der Waals surface area (Å²) < 4.78 is 33.8. The van der Waals surface area contributed by atoms with Gasteiger partial charge in [-0.2, -0.15) is 17.8 Å². The lowest BCUT2D eigenvalue weighted by atomic mass is 10.1. The van der Waals surface area contributed by atoms with Crippen LogP contribution in [0.2, 0.25) is 0 Å². The van der Waals surface area contributed by atoms with Gasteiger partial charge in [0.1, 0.15) is 9.09 Å². The topological polar surface area (TPSA) is 85.4 Å². The minimum absolute atomic E-state index is 0.194. The molecule has 0 saturated heterocycles. The van der Waals surface area contributed by atoms with Crippen LogP contribution in [-0.2, 0) is 10.2 Å². The third-order valence-corrected chi connectivity index (χ3v) is 6.84. The van der Waals surface area contributed by atoms with E-state index in [-0.39, 0.29) is 16.5 Å². The predicted molar refractivity (Wildman–Crippen MR) is 112 cm³/mol. The molecular weight excluding hydrogens is 481 g/mol. The molecule has 0 saturated carbocycles. The second-order valence-corrected chi connectivity index (χ2v) is 9.15. The van der Waals surface area contributed by atoms with Gasteiger partial charge in [0.25, 0.3) is 0 Å². The molecule has 0 aliphatic heterocycles. The van der Waals surface area contributed by atoms with Crippen LogP contribution in [0.5, 0.6) is 0 Å². The van der Waals surface area contributed by atoms with E-state index in [1.807, 2.05) is 52.9 Å². The maximum Gasteiger partial charge on any atom is 0.323 e. The maximum atomic E-state index is 12.9. The molecule has 9 heteroatoms. The Labute approximate surface area is 168 Å². The molecule has 0 fully saturated rings. The van der Waals surface area contributed by atoms with Crippen molar-refractivity contribution in [1.82, 2.24) is 13.5 Å². The van der Waals surface area contributed by atoms with Gasteiger partial charge in [0.05, 0.1) is 11.6 Å². The van der Waals surface area contributed by atoms with Crippen molar-refractivity contribution in [3.8, 4) is 11.3 Å². The Balaban J connectivity index is 2.18. The van der Waals surface area contributed by atoms with Gasteiger partial charge in [-0.3, -0.25) is 4.79 Å². The minimum atomic E-state index is -3.88. The summed E-state index contributed by atoms with van der Waals surface area (Å²) in [6.45, 7) is 0. The lowest BCUT2D eigenvalue weighted by Gasteiger charge is -2.13. The molecule has 0 N–H and O–H groups in total. The highest BCUT2D eigenvalue weighted by Crippen LogP contribution is 2.31. The van der Waals surface area contributed by atoms with Gasteiger partial charge in [0.2, 0.25) is 5.43 Å². The van der Waals surface area contributed by atoms with E-state index >= 15 is 0 Å². The van der Waals surface area contributed by atoms with E-state index in [1.165, 1.54) is 20.3 Å². The Morgan fingerprint density at radius 1 is 1.11 bits per heavy atom. The van der Waals surface area contributed by atoms with Gasteiger partial charge in [-0.05, 0) is 28.7 Å². The van der Waals surface area contributed by atoms with Crippen molar-refractivity contribution in [2.24, 2.45) is 0 Å². The normalized spacial score (nSPS) is 12.3. The molecule has 2 aromatic carbocycles. The van der Waals surface area contributed by atoms with Crippen molar-refractivity contribution in [2.75, 3.05) is 14.1 Å². The van der Waals surface area contributed by atoms with Gasteiger partial charge in [0, 0.05) is 25.0 Å². The van der Waals surface area contributed by atoms with Gasteiger partial charge in [-0.1, -0.05) is 36.4 Å². The molecule has 2 heterocycles. The first kappa shape index (κ1) is 18.1. The summed E-state index contributed by atoms with van der Waals surface area (Å²) in [4.78, 5) is 12.9. The summed E-state index contributed by atoms with van der Waals surface area (Å²) in [6, 6.07) is 12.5. The van der Waals surface area contributed by atoms with E-state index in [2.05, 4.69) is 5.10 Å². The predicted octanol–water partition coefficient (Wildman–Crippen LogP) is 3.07. The Morgan fingerprint density at radius 2 is 1.81 bits per heavy atom. The van der Waals surface area contributed by atoms with Gasteiger partial charge in [-0.15, -0.1) is 4.09 Å². The first-order valence-corrected chi connectivity index (χ1v) is 10.4. The Kier molecular flexibility index (Phi) is 4.32. The molecule has 0 aliphatic rings. The summed E-state index contributed by atoms with van der Waals surface area (Å²) >= 11 is 1.96. The first-order valence-electron chi connectivity index (χ1n) is 7.94. The van der Waals surface area contributed by atoms with Crippen LogP contribution in [0.1, 0.15) is 0 Å². The van der Waals surface area contributed by atoms with Crippen LogP contribution < -0.4 is 5.43 Å². The van der Waals surface area contributed by atoms with Crippen LogP contribution in [0.4, 0.5) is 0 Å². The zero-order valence-corrected chi connectivity index (χ0v) is 17.4. The molecule has 138 valence electrons. The lowest BCUT2D eigenvalue weighted by molar-refractivity contribution is 0.505. The van der Waals surface area contributed by atoms with Crippen molar-refractivity contribution in [3.05, 3.63) is 62.5 Å². The number of rotatable bonds is 3. The molecule has 0 spiro atoms. The molecule has 7 nitrogen and oxygen atoms in total. The molecule has 2 aromatic heterocycles. The monoisotopic (exact) mass is 495 g/mol. The maximum absolute atomic E-state index is 12.9. The average Bonchev–Trinajstić information content (AvgIpc) is 3.10. The van der Waals surface area contributed by atoms with E-state index in [4.69, 9.17) is 4.42 Å². The average molecular weight is 495 g/mol. The van der Waals surface area contributed by atoms with Crippen LogP contribution in [0.25, 0.3) is 33.2 Å². The number of nitrogens with zero attached hydrogens (tertiary/aromatic N) is 3. The quantitative estimate of drug-likeness (QED) is 0.408. The molecule has 0 atom stereocenters. The van der Waals surface area contributed by atoms with E-state index in [1.54, 1.807) is 12.1 Å². The molecule has 0 unspecified atom stereocenters. The fraction of sp³-hybridized carbons (Fsp3) is 0.111. The van der Waals surface area contributed by atoms with Crippen molar-refractivity contribution in [1.29, 1.82) is 0 Å². The SMILES string of the molecule is CN(C)S(=O)(=O)n1ncc2ccc3c(=O)c(I)c(-c4ccccc4)oc3c21. The number of benzene rings is 2. The zero-order valence-electron chi connectivity index (χ0n) is 14.4. The van der Waals surface area contributed by atoms with Crippen LogP contribution in [0, 0.1) is 3.57 Å². The van der Waals surface area contributed by atoms with Crippen LogP contribution in [0.15, 0.2) is 57.9 Å². The Bertz CT molecular complexity index is 1340. The number of fused-ring (bicyclic) bond motifs is 3. The molecule has 0 amide bonds. The summed E-state index contributed by atoms with van der Waals surface area (Å²) in [7, 11) is -1.04. The summed E-state index contributed by atoms with van der Waals surface area (Å²) in [5, 5.41) is 4.89. The number of aromatic nitrogens is 2. The highest BCUT2D eigenvalue weighted by molar-refractivity contribution is 14.1. The van der Waals surface area contributed by atoms with Gasteiger partial charge < -0.3 is 4.42 Å². The second-order valence-electron chi connectivity index (χ2n) is 6.10. The van der Waals surface area contributed by atoms with Crippen molar-refractivity contribution in [3.63, 3.8) is 0 Å². The smallest absolute Gasteiger partial charge is 0.323 e. The Morgan fingerprint density at radius 3 is 2.48 bits per heavy atom. The molecule has 4 rings (SSSR count). The van der Waals surface area contributed by atoms with Gasteiger partial charge in [-0.25, -0.2) is 0 Å². The van der Waals surface area contributed by atoms with Crippen LogP contribution in [-0.4, -0.2) is 36.0 Å². The van der Waals surface area contributed by atoms with E-state index < -0.39 is 10.2 Å². The van der Waals surface area contributed by atoms with Crippen LogP contribution >= 0.6 is 22.6 Å².